The number of aromatic nitrogens is 2. The Bertz CT molecular complexity index is 1360. The highest BCUT2D eigenvalue weighted by molar-refractivity contribution is 7.14. The van der Waals surface area contributed by atoms with Crippen LogP contribution >= 0.6 is 11.3 Å². The Balaban J connectivity index is 1.51. The molecule has 7 nitrogen and oxygen atoms in total. The van der Waals surface area contributed by atoms with Crippen molar-refractivity contribution in [1.82, 2.24) is 10.3 Å². The molecule has 0 bridgehead atoms. The molecule has 142 valence electrons. The molecule has 0 aliphatic rings. The Kier molecular flexibility index (Phi) is 3.99. The Morgan fingerprint density at radius 1 is 1.03 bits per heavy atom. The van der Waals surface area contributed by atoms with E-state index >= 15 is 0 Å². The van der Waals surface area contributed by atoms with Crippen molar-refractivity contribution in [1.29, 1.82) is 0 Å². The lowest BCUT2D eigenvalue weighted by atomic mass is 10.0. The van der Waals surface area contributed by atoms with Crippen molar-refractivity contribution in [2.75, 3.05) is 0 Å². The van der Waals surface area contributed by atoms with Crippen LogP contribution in [0.5, 0.6) is 0 Å². The third kappa shape index (κ3) is 2.99. The van der Waals surface area contributed by atoms with Crippen LogP contribution in [0.4, 0.5) is 0 Å². The molecule has 1 N–H and O–H groups in total. The zero-order valence-corrected chi connectivity index (χ0v) is 15.6. The highest BCUT2D eigenvalue weighted by atomic mass is 32.1. The molecule has 5 aromatic rings. The monoisotopic (exact) mass is 404 g/mol. The van der Waals surface area contributed by atoms with Crippen molar-refractivity contribution in [3.05, 3.63) is 70.8 Å². The number of carboxylic acids is 1. The fourth-order valence-electron chi connectivity index (χ4n) is 3.27. The fourth-order valence-corrected chi connectivity index (χ4v) is 4.33. The van der Waals surface area contributed by atoms with Gasteiger partial charge in [-0.1, -0.05) is 24.3 Å². The van der Waals surface area contributed by atoms with E-state index in [-0.39, 0.29) is 23.5 Å². The first-order chi connectivity index (χ1) is 14.1. The summed E-state index contributed by atoms with van der Waals surface area (Å²) < 4.78 is 10.3. The number of fused-ring (bicyclic) bond motifs is 2. The van der Waals surface area contributed by atoms with E-state index in [1.807, 2.05) is 18.2 Å². The smallest absolute Gasteiger partial charge is 0.337 e. The third-order valence-corrected chi connectivity index (χ3v) is 5.73. The van der Waals surface area contributed by atoms with Gasteiger partial charge in [-0.15, -0.1) is 11.3 Å². The second-order valence-electron chi connectivity index (χ2n) is 6.49. The molecular weight excluding hydrogens is 392 g/mol. The number of carbonyl (C=O) groups excluding carboxylic acids is 1. The van der Waals surface area contributed by atoms with E-state index in [9.17, 15) is 14.7 Å². The van der Waals surface area contributed by atoms with Crippen molar-refractivity contribution in [3.63, 3.8) is 0 Å². The van der Waals surface area contributed by atoms with E-state index in [2.05, 4.69) is 10.3 Å². The maximum absolute atomic E-state index is 12.7. The van der Waals surface area contributed by atoms with Gasteiger partial charge in [-0.2, -0.15) is 0 Å². The minimum Gasteiger partial charge on any atom is -0.478 e. The van der Waals surface area contributed by atoms with Gasteiger partial charge in [-0.25, -0.2) is 9.42 Å². The average Bonchev–Trinajstić information content (AvgIpc) is 3.44. The van der Waals surface area contributed by atoms with E-state index in [1.54, 1.807) is 35.7 Å². The Morgan fingerprint density at radius 3 is 2.69 bits per heavy atom. The van der Waals surface area contributed by atoms with Crippen LogP contribution in [0.3, 0.4) is 0 Å². The van der Waals surface area contributed by atoms with Gasteiger partial charge in [0.25, 0.3) is 0 Å². The maximum Gasteiger partial charge on any atom is 0.337 e. The van der Waals surface area contributed by atoms with Crippen molar-refractivity contribution in [2.24, 2.45) is 0 Å². The molecule has 0 amide bonds. The lowest BCUT2D eigenvalue weighted by Gasteiger charge is -2.03. The molecule has 2 aromatic carbocycles. The molecule has 8 heteroatoms. The second-order valence-corrected chi connectivity index (χ2v) is 7.37. The minimum absolute atomic E-state index is 0.0638. The van der Waals surface area contributed by atoms with E-state index in [0.29, 0.717) is 32.6 Å². The largest absolute Gasteiger partial charge is 0.478 e. The molecule has 0 spiro atoms. The number of benzene rings is 2. The molecule has 0 fully saturated rings. The van der Waals surface area contributed by atoms with Gasteiger partial charge in [-0.05, 0) is 51.1 Å². The molecule has 5 rings (SSSR count). The van der Waals surface area contributed by atoms with Gasteiger partial charge in [-0.3, -0.25) is 4.79 Å². The fraction of sp³-hybridized carbons (Fsp3) is 0.0476. The first-order valence-corrected chi connectivity index (χ1v) is 9.56. The number of hydrogen-bond donors (Lipinski definition) is 1. The normalized spacial score (nSPS) is 11.3. The average molecular weight is 404 g/mol. The Hall–Kier alpha value is -3.78. The maximum atomic E-state index is 12.7. The van der Waals surface area contributed by atoms with Gasteiger partial charge in [0.1, 0.15) is 16.6 Å². The summed E-state index contributed by atoms with van der Waals surface area (Å²) in [7, 11) is 0. The number of carboxylic acid groups (broad SMARTS) is 1. The predicted molar refractivity (Wildman–Crippen MR) is 106 cm³/mol. The third-order valence-electron chi connectivity index (χ3n) is 4.65. The summed E-state index contributed by atoms with van der Waals surface area (Å²) in [4.78, 5) is 25.3. The molecule has 3 heterocycles. The van der Waals surface area contributed by atoms with Crippen LogP contribution in [-0.2, 0) is 6.42 Å². The summed E-state index contributed by atoms with van der Waals surface area (Å²) in [5, 5.41) is 19.9. The molecule has 0 atom stereocenters. The number of carbonyl (C=O) groups is 2. The van der Waals surface area contributed by atoms with Crippen LogP contribution in [0, 0.1) is 0 Å². The van der Waals surface area contributed by atoms with Crippen LogP contribution < -0.4 is 0 Å². The quantitative estimate of drug-likeness (QED) is 0.418. The van der Waals surface area contributed by atoms with Crippen LogP contribution in [0.15, 0.2) is 63.0 Å². The highest BCUT2D eigenvalue weighted by Gasteiger charge is 2.23. The number of aromatic carboxylic acids is 1. The van der Waals surface area contributed by atoms with E-state index in [4.69, 9.17) is 9.05 Å². The highest BCUT2D eigenvalue weighted by Crippen LogP contribution is 2.35. The topological polar surface area (TPSA) is 106 Å². The molecule has 29 heavy (non-hydrogen) atoms. The van der Waals surface area contributed by atoms with Crippen molar-refractivity contribution >= 4 is 45.1 Å². The van der Waals surface area contributed by atoms with Crippen LogP contribution in [0.2, 0.25) is 0 Å². The number of hydrogen-bond acceptors (Lipinski definition) is 7. The molecule has 0 radical (unpaired) electrons. The van der Waals surface area contributed by atoms with Gasteiger partial charge < -0.3 is 9.52 Å². The van der Waals surface area contributed by atoms with Crippen LogP contribution in [0.1, 0.15) is 26.5 Å². The molecular formula is C21H12N2O5S. The summed E-state index contributed by atoms with van der Waals surface area (Å²) in [5.41, 5.74) is 2.97. The van der Waals surface area contributed by atoms with Gasteiger partial charge in [0.05, 0.1) is 5.56 Å². The molecule has 0 saturated carbocycles. The summed E-state index contributed by atoms with van der Waals surface area (Å²) in [5.74, 6) is -1.15. The molecule has 0 aliphatic heterocycles. The lowest BCUT2D eigenvalue weighted by molar-refractivity contribution is 0.0697. The molecule has 3 aromatic heterocycles. The minimum atomic E-state index is -1.09. The summed E-state index contributed by atoms with van der Waals surface area (Å²) in [6.07, 6.45) is -0.0638. The summed E-state index contributed by atoms with van der Waals surface area (Å²) in [6.45, 7) is 0. The number of ketones is 1. The number of nitrogens with zero attached hydrogens (tertiary/aromatic N) is 2. The zero-order chi connectivity index (χ0) is 20.0. The number of para-hydroxylation sites is 1. The number of rotatable bonds is 5. The molecule has 0 saturated heterocycles. The van der Waals surface area contributed by atoms with Gasteiger partial charge in [0.2, 0.25) is 5.78 Å². The van der Waals surface area contributed by atoms with Crippen molar-refractivity contribution in [2.45, 2.75) is 6.42 Å². The van der Waals surface area contributed by atoms with Crippen LogP contribution in [0.25, 0.3) is 32.4 Å². The number of furan rings is 1. The van der Waals surface area contributed by atoms with Crippen molar-refractivity contribution < 1.29 is 23.7 Å². The summed E-state index contributed by atoms with van der Waals surface area (Å²) in [6, 6.07) is 14.2. The van der Waals surface area contributed by atoms with Crippen LogP contribution in [-0.4, -0.2) is 27.2 Å². The molecule has 0 aliphatic carbocycles. The van der Waals surface area contributed by atoms with Gasteiger partial charge >= 0.3 is 5.97 Å². The first-order valence-electron chi connectivity index (χ1n) is 8.68. The first kappa shape index (κ1) is 17.3. The number of thiophene rings is 1. The Labute approximate surface area is 167 Å². The van der Waals surface area contributed by atoms with Gasteiger partial charge in [0, 0.05) is 16.7 Å². The Morgan fingerprint density at radius 2 is 1.86 bits per heavy atom. The summed E-state index contributed by atoms with van der Waals surface area (Å²) >= 11 is 1.27. The van der Waals surface area contributed by atoms with E-state index in [0.717, 1.165) is 5.39 Å². The standard InChI is InChI=1S/C21H12N2O5S/c24-16(18-9-11-3-1-2-4-17(11)27-18)8-13-10-29-20(19(13)21(25)26)12-5-6-14-15(7-12)23-28-22-14/h1-7,9-10H,8H2,(H,25,26). The van der Waals surface area contributed by atoms with Gasteiger partial charge in [0.15, 0.2) is 5.76 Å². The van der Waals surface area contributed by atoms with E-state index < -0.39 is 5.97 Å². The second kappa shape index (κ2) is 6.68. The lowest BCUT2D eigenvalue weighted by Crippen LogP contribution is -2.07. The van der Waals surface area contributed by atoms with E-state index in [1.165, 1.54) is 11.3 Å². The number of Topliss-reactive ketones (excluding diaryl/α,β-unsaturated/α-hetero) is 1. The zero-order valence-electron chi connectivity index (χ0n) is 14.8. The predicted octanol–water partition coefficient (Wildman–Crippen LogP) is 4.82. The SMILES string of the molecule is O=C(Cc1csc(-c2ccc3nonc3c2)c1C(=O)O)c1cc2ccccc2o1. The van der Waals surface area contributed by atoms with Crippen molar-refractivity contribution in [3.8, 4) is 10.4 Å². The molecule has 0 unspecified atom stereocenters.